The van der Waals surface area contributed by atoms with E-state index in [0.717, 1.165) is 7.11 Å². The van der Waals surface area contributed by atoms with Crippen LogP contribution in [0.15, 0.2) is 73.1 Å². The zero-order valence-corrected chi connectivity index (χ0v) is 15.4. The van der Waals surface area contributed by atoms with E-state index in [0.29, 0.717) is 4.48 Å². The van der Waals surface area contributed by atoms with Crippen molar-refractivity contribution in [2.45, 2.75) is 0 Å². The van der Waals surface area contributed by atoms with Crippen LogP contribution in [0, 0.1) is 0 Å². The van der Waals surface area contributed by atoms with Crippen molar-refractivity contribution >= 4 is 22.6 Å². The largest absolute Gasteiger partial charge is 0.726 e. The number of benzene rings is 2. The summed E-state index contributed by atoms with van der Waals surface area (Å²) in [5.41, 5.74) is 2.45. The molecule has 134 valence electrons. The quantitative estimate of drug-likeness (QED) is 0.464. The lowest BCUT2D eigenvalue weighted by Crippen LogP contribution is -2.25. The van der Waals surface area contributed by atoms with E-state index in [-0.39, 0.29) is 0 Å². The summed E-state index contributed by atoms with van der Waals surface area (Å²) < 4.78 is 31.7. The molecule has 0 unspecified atom stereocenters. The maximum Gasteiger partial charge on any atom is 0.217 e. The zero-order chi connectivity index (χ0) is 18.8. The van der Waals surface area contributed by atoms with Gasteiger partial charge in [0.25, 0.3) is 0 Å². The average molecular weight is 361 g/mol. The van der Waals surface area contributed by atoms with Gasteiger partial charge < -0.3 is 4.55 Å². The molecule has 5 nitrogen and oxygen atoms in total. The molecular formula is C19H23NO4S. The lowest BCUT2D eigenvalue weighted by Gasteiger charge is -2.19. The maximum absolute atomic E-state index is 9.22. The highest BCUT2D eigenvalue weighted by molar-refractivity contribution is 7.80. The molecule has 0 spiro atoms. The van der Waals surface area contributed by atoms with Crippen LogP contribution in [0.1, 0.15) is 11.1 Å². The van der Waals surface area contributed by atoms with Gasteiger partial charge in [0, 0.05) is 0 Å². The van der Waals surface area contributed by atoms with Gasteiger partial charge >= 0.3 is 0 Å². The summed E-state index contributed by atoms with van der Waals surface area (Å²) in [5, 5.41) is 0. The minimum Gasteiger partial charge on any atom is -0.726 e. The fourth-order valence-electron chi connectivity index (χ4n) is 1.73. The van der Waals surface area contributed by atoms with Crippen LogP contribution in [0.5, 0.6) is 0 Å². The molecule has 0 aliphatic heterocycles. The molecule has 0 saturated heterocycles. The van der Waals surface area contributed by atoms with Crippen LogP contribution in [0.25, 0.3) is 12.2 Å². The molecule has 2 aromatic carbocycles. The Kier molecular flexibility index (Phi) is 8.24. The van der Waals surface area contributed by atoms with E-state index in [1.165, 1.54) is 11.1 Å². The number of nitrogens with zero attached hydrogens (tertiary/aromatic N) is 1. The lowest BCUT2D eigenvalue weighted by molar-refractivity contribution is -0.782. The van der Waals surface area contributed by atoms with Crippen molar-refractivity contribution in [3.05, 3.63) is 84.2 Å². The molecule has 0 aliphatic rings. The third kappa shape index (κ3) is 10.3. The van der Waals surface area contributed by atoms with Gasteiger partial charge in [0.1, 0.15) is 12.4 Å². The fraction of sp³-hybridized carbons (Fsp3) is 0.158. The molecule has 0 aliphatic carbocycles. The summed E-state index contributed by atoms with van der Waals surface area (Å²) in [6.45, 7) is 0. The van der Waals surface area contributed by atoms with Crippen molar-refractivity contribution in [3.8, 4) is 0 Å². The van der Waals surface area contributed by atoms with Crippen molar-refractivity contribution in [1.29, 1.82) is 0 Å². The van der Waals surface area contributed by atoms with E-state index in [1.807, 2.05) is 12.1 Å². The average Bonchev–Trinajstić information content (AvgIpc) is 2.60. The Morgan fingerprint density at radius 3 is 1.44 bits per heavy atom. The minimum atomic E-state index is -4.41. The van der Waals surface area contributed by atoms with Crippen LogP contribution in [0.3, 0.4) is 0 Å². The van der Waals surface area contributed by atoms with E-state index in [2.05, 4.69) is 91.4 Å². The molecule has 0 saturated carbocycles. The zero-order valence-electron chi connectivity index (χ0n) is 14.6. The second-order valence-electron chi connectivity index (χ2n) is 5.66. The second kappa shape index (κ2) is 9.90. The SMILES string of the molecule is COS(=O)(=O)[O-].C[N+](C)(C=Cc1ccccc1)C=Cc1ccccc1. The molecule has 0 bridgehead atoms. The summed E-state index contributed by atoms with van der Waals surface area (Å²) >= 11 is 0. The lowest BCUT2D eigenvalue weighted by atomic mass is 10.2. The standard InChI is InChI=1S/C18H20N.CH4O4S/c1-19(2,15-13-17-9-5-3-6-10-17)16-14-18-11-7-4-8-12-18;1-5-6(2,3)4/h3-16H,1-2H3;1H3,(H,2,3,4)/q+1;/p-1. The monoisotopic (exact) mass is 361 g/mol. The van der Waals surface area contributed by atoms with Gasteiger partial charge in [-0.15, -0.1) is 0 Å². The Morgan fingerprint density at radius 2 is 1.16 bits per heavy atom. The second-order valence-corrected chi connectivity index (χ2v) is 6.81. The predicted octanol–water partition coefficient (Wildman–Crippen LogP) is 3.50. The van der Waals surface area contributed by atoms with Gasteiger partial charge in [-0.05, 0) is 23.3 Å². The third-order valence-corrected chi connectivity index (χ3v) is 3.51. The first-order valence-corrected chi connectivity index (χ1v) is 8.88. The number of quaternary nitrogens is 1. The van der Waals surface area contributed by atoms with Crippen LogP contribution >= 0.6 is 0 Å². The highest BCUT2D eigenvalue weighted by atomic mass is 32.3. The van der Waals surface area contributed by atoms with E-state index in [1.54, 1.807) is 0 Å². The first kappa shape index (κ1) is 20.8. The Morgan fingerprint density at radius 1 is 0.840 bits per heavy atom. The molecule has 0 fully saturated rings. The van der Waals surface area contributed by atoms with Gasteiger partial charge in [0.15, 0.2) is 0 Å². The minimum absolute atomic E-state index is 0.712. The highest BCUT2D eigenvalue weighted by Crippen LogP contribution is 2.09. The number of hydrogen-bond donors (Lipinski definition) is 0. The predicted molar refractivity (Wildman–Crippen MR) is 99.8 cm³/mol. The Hall–Kier alpha value is -2.25. The summed E-state index contributed by atoms with van der Waals surface area (Å²) in [5.74, 6) is 0. The van der Waals surface area contributed by atoms with Crippen molar-refractivity contribution in [1.82, 2.24) is 0 Å². The first-order chi connectivity index (χ1) is 11.7. The van der Waals surface area contributed by atoms with Crippen molar-refractivity contribution in [2.24, 2.45) is 0 Å². The van der Waals surface area contributed by atoms with Gasteiger partial charge in [-0.25, -0.2) is 8.42 Å². The molecule has 0 N–H and O–H groups in total. The van der Waals surface area contributed by atoms with Gasteiger partial charge in [0.2, 0.25) is 10.4 Å². The molecule has 0 amide bonds. The van der Waals surface area contributed by atoms with Gasteiger partial charge in [-0.2, -0.15) is 0 Å². The topological polar surface area (TPSA) is 66.4 Å². The smallest absolute Gasteiger partial charge is 0.217 e. The van der Waals surface area contributed by atoms with Crippen molar-refractivity contribution in [3.63, 3.8) is 0 Å². The maximum atomic E-state index is 9.22. The summed E-state index contributed by atoms with van der Waals surface area (Å²) in [4.78, 5) is 0. The third-order valence-electron chi connectivity index (χ3n) is 3.11. The van der Waals surface area contributed by atoms with Crippen LogP contribution < -0.4 is 0 Å². The van der Waals surface area contributed by atoms with Gasteiger partial charge in [-0.3, -0.25) is 8.67 Å². The molecule has 25 heavy (non-hydrogen) atoms. The number of rotatable bonds is 5. The molecule has 0 heterocycles. The summed E-state index contributed by atoms with van der Waals surface area (Å²) in [6, 6.07) is 20.7. The fourth-order valence-corrected chi connectivity index (χ4v) is 1.73. The van der Waals surface area contributed by atoms with E-state index < -0.39 is 10.4 Å². The van der Waals surface area contributed by atoms with Crippen LogP contribution in [0.2, 0.25) is 0 Å². The van der Waals surface area contributed by atoms with Gasteiger partial charge in [0.05, 0.1) is 21.2 Å². The molecule has 0 radical (unpaired) electrons. The van der Waals surface area contributed by atoms with Crippen LogP contribution in [0.4, 0.5) is 0 Å². The molecular weight excluding hydrogens is 338 g/mol. The first-order valence-electron chi connectivity index (χ1n) is 7.55. The van der Waals surface area contributed by atoms with Crippen molar-refractivity contribution < 1.29 is 21.6 Å². The molecule has 2 aromatic rings. The van der Waals surface area contributed by atoms with Crippen molar-refractivity contribution in [2.75, 3.05) is 21.2 Å². The molecule has 2 rings (SSSR count). The Labute approximate surface area is 150 Å². The normalized spacial score (nSPS) is 12.2. The Bertz CT molecular complexity index is 731. The van der Waals surface area contributed by atoms with Crippen LogP contribution in [-0.2, 0) is 14.6 Å². The molecule has 0 atom stereocenters. The Balaban J connectivity index is 0.000000450. The van der Waals surface area contributed by atoms with Gasteiger partial charge in [-0.1, -0.05) is 60.7 Å². The number of hydrogen-bond acceptors (Lipinski definition) is 4. The van der Waals surface area contributed by atoms with E-state index >= 15 is 0 Å². The summed E-state index contributed by atoms with van der Waals surface area (Å²) in [6.07, 6.45) is 8.65. The van der Waals surface area contributed by atoms with E-state index in [9.17, 15) is 13.0 Å². The van der Waals surface area contributed by atoms with Crippen LogP contribution in [-0.4, -0.2) is 38.7 Å². The van der Waals surface area contributed by atoms with E-state index in [4.69, 9.17) is 0 Å². The molecule has 6 heteroatoms. The summed E-state index contributed by atoms with van der Waals surface area (Å²) in [7, 11) is 0.699. The molecule has 0 aromatic heterocycles. The highest BCUT2D eigenvalue weighted by Gasteiger charge is 2.05.